The van der Waals surface area contributed by atoms with E-state index in [1.807, 2.05) is 27.0 Å². The summed E-state index contributed by atoms with van der Waals surface area (Å²) in [5.41, 5.74) is 0.410. The largest absolute Gasteiger partial charge is 0.273 e. The lowest BCUT2D eigenvalue weighted by molar-refractivity contribution is 0.522. The van der Waals surface area contributed by atoms with Gasteiger partial charge in [0.2, 0.25) is 6.08 Å². The SMILES string of the molecule is CCn1cc(C(C)(C)N=C=O)cn1. The lowest BCUT2D eigenvalue weighted by atomic mass is 9.99. The Hall–Kier alpha value is -1.41. The van der Waals surface area contributed by atoms with Crippen LogP contribution >= 0.6 is 0 Å². The molecule has 0 aliphatic rings. The summed E-state index contributed by atoms with van der Waals surface area (Å²) in [6.07, 6.45) is 5.19. The van der Waals surface area contributed by atoms with Crippen LogP contribution in [0.1, 0.15) is 26.3 Å². The number of hydrogen-bond donors (Lipinski definition) is 0. The molecule has 0 N–H and O–H groups in total. The molecule has 4 heteroatoms. The first-order valence-corrected chi connectivity index (χ1v) is 4.22. The van der Waals surface area contributed by atoms with Crippen molar-refractivity contribution in [1.82, 2.24) is 9.78 Å². The first-order chi connectivity index (χ1) is 6.10. The second-order valence-electron chi connectivity index (χ2n) is 3.35. The van der Waals surface area contributed by atoms with Gasteiger partial charge in [0.05, 0.1) is 11.7 Å². The van der Waals surface area contributed by atoms with Crippen molar-refractivity contribution in [3.05, 3.63) is 18.0 Å². The molecule has 0 aliphatic carbocycles. The highest BCUT2D eigenvalue weighted by Crippen LogP contribution is 2.23. The Balaban J connectivity index is 2.99. The van der Waals surface area contributed by atoms with Crippen LogP contribution in [0, 0.1) is 0 Å². The van der Waals surface area contributed by atoms with E-state index in [0.717, 1.165) is 12.1 Å². The van der Waals surface area contributed by atoms with E-state index in [2.05, 4.69) is 10.1 Å². The molecule has 0 spiro atoms. The van der Waals surface area contributed by atoms with E-state index in [0.29, 0.717) is 0 Å². The third kappa shape index (κ3) is 2.04. The molecule has 0 fully saturated rings. The fourth-order valence-corrected chi connectivity index (χ4v) is 1.03. The average molecular weight is 179 g/mol. The van der Waals surface area contributed by atoms with Gasteiger partial charge in [-0.15, -0.1) is 0 Å². The van der Waals surface area contributed by atoms with Crippen molar-refractivity contribution < 1.29 is 4.79 Å². The number of nitrogens with zero attached hydrogens (tertiary/aromatic N) is 3. The van der Waals surface area contributed by atoms with Crippen molar-refractivity contribution >= 4 is 6.08 Å². The van der Waals surface area contributed by atoms with Gasteiger partial charge in [0.25, 0.3) is 0 Å². The minimum atomic E-state index is -0.519. The van der Waals surface area contributed by atoms with E-state index in [1.165, 1.54) is 0 Å². The number of aliphatic imine (C=N–C) groups is 1. The Kier molecular flexibility index (Phi) is 2.63. The molecule has 1 aromatic heterocycles. The topological polar surface area (TPSA) is 47.2 Å². The molecule has 13 heavy (non-hydrogen) atoms. The van der Waals surface area contributed by atoms with E-state index < -0.39 is 5.54 Å². The molecule has 1 heterocycles. The highest BCUT2D eigenvalue weighted by Gasteiger charge is 2.20. The Morgan fingerprint density at radius 3 is 2.85 bits per heavy atom. The Morgan fingerprint density at radius 1 is 1.69 bits per heavy atom. The zero-order valence-corrected chi connectivity index (χ0v) is 8.11. The summed E-state index contributed by atoms with van der Waals surface area (Å²) >= 11 is 0. The van der Waals surface area contributed by atoms with Crippen molar-refractivity contribution in [3.63, 3.8) is 0 Å². The fraction of sp³-hybridized carbons (Fsp3) is 0.556. The maximum atomic E-state index is 10.2. The highest BCUT2D eigenvalue weighted by atomic mass is 16.1. The maximum Gasteiger partial charge on any atom is 0.235 e. The van der Waals surface area contributed by atoms with Crippen molar-refractivity contribution in [3.8, 4) is 0 Å². The van der Waals surface area contributed by atoms with Crippen LogP contribution in [0.3, 0.4) is 0 Å². The number of isocyanates is 1. The molecule has 70 valence electrons. The molecule has 0 aromatic carbocycles. The van der Waals surface area contributed by atoms with Crippen LogP contribution in [0.15, 0.2) is 17.4 Å². The summed E-state index contributed by atoms with van der Waals surface area (Å²) in [6.45, 7) is 6.54. The second-order valence-corrected chi connectivity index (χ2v) is 3.35. The molecule has 0 atom stereocenters. The molecule has 4 nitrogen and oxygen atoms in total. The molecular weight excluding hydrogens is 166 g/mol. The monoisotopic (exact) mass is 179 g/mol. The van der Waals surface area contributed by atoms with E-state index >= 15 is 0 Å². The molecule has 1 aromatic rings. The van der Waals surface area contributed by atoms with E-state index in [9.17, 15) is 4.79 Å². The quantitative estimate of drug-likeness (QED) is 0.521. The third-order valence-electron chi connectivity index (χ3n) is 1.99. The van der Waals surface area contributed by atoms with E-state index in [1.54, 1.807) is 17.0 Å². The van der Waals surface area contributed by atoms with Crippen LogP contribution < -0.4 is 0 Å². The number of hydrogen-bond acceptors (Lipinski definition) is 3. The lowest BCUT2D eigenvalue weighted by Crippen LogP contribution is -2.12. The number of rotatable bonds is 3. The molecule has 0 saturated carbocycles. The van der Waals surface area contributed by atoms with Crippen molar-refractivity contribution in [2.24, 2.45) is 4.99 Å². The first kappa shape index (κ1) is 9.68. The smallest absolute Gasteiger partial charge is 0.235 e. The molecule has 0 aliphatic heterocycles. The van der Waals surface area contributed by atoms with Gasteiger partial charge in [-0.2, -0.15) is 10.1 Å². The van der Waals surface area contributed by atoms with Gasteiger partial charge in [-0.3, -0.25) is 4.68 Å². The Labute approximate surface area is 77.3 Å². The van der Waals surface area contributed by atoms with Crippen molar-refractivity contribution in [2.75, 3.05) is 0 Å². The minimum absolute atomic E-state index is 0.519. The minimum Gasteiger partial charge on any atom is -0.273 e. The van der Waals surface area contributed by atoms with Gasteiger partial charge in [-0.25, -0.2) is 4.79 Å². The standard InChI is InChI=1S/C9H13N3O/c1-4-12-6-8(5-11-12)9(2,3)10-7-13/h5-6H,4H2,1-3H3. The van der Waals surface area contributed by atoms with Gasteiger partial charge in [0, 0.05) is 18.3 Å². The van der Waals surface area contributed by atoms with Crippen molar-refractivity contribution in [2.45, 2.75) is 32.9 Å². The molecule has 1 rings (SSSR count). The predicted octanol–water partition coefficient (Wildman–Crippen LogP) is 1.47. The van der Waals surface area contributed by atoms with Crippen LogP contribution in [0.25, 0.3) is 0 Å². The summed E-state index contributed by atoms with van der Waals surface area (Å²) in [5.74, 6) is 0. The van der Waals surface area contributed by atoms with Gasteiger partial charge < -0.3 is 0 Å². The Morgan fingerprint density at radius 2 is 2.38 bits per heavy atom. The summed E-state index contributed by atoms with van der Waals surface area (Å²) in [4.78, 5) is 13.9. The summed E-state index contributed by atoms with van der Waals surface area (Å²) in [6, 6.07) is 0. The van der Waals surface area contributed by atoms with Gasteiger partial charge in [-0.05, 0) is 20.8 Å². The summed E-state index contributed by atoms with van der Waals surface area (Å²) in [5, 5.41) is 4.11. The highest BCUT2D eigenvalue weighted by molar-refractivity contribution is 5.36. The zero-order valence-electron chi connectivity index (χ0n) is 8.11. The zero-order chi connectivity index (χ0) is 9.90. The molecule has 0 radical (unpaired) electrons. The van der Waals surface area contributed by atoms with E-state index in [-0.39, 0.29) is 0 Å². The van der Waals surface area contributed by atoms with Crippen molar-refractivity contribution in [1.29, 1.82) is 0 Å². The Bertz CT molecular complexity index is 334. The van der Waals surface area contributed by atoms with Crippen LogP contribution in [0.2, 0.25) is 0 Å². The lowest BCUT2D eigenvalue weighted by Gasteiger charge is -2.13. The molecule has 0 unspecified atom stereocenters. The van der Waals surface area contributed by atoms with Gasteiger partial charge in [0.1, 0.15) is 0 Å². The van der Waals surface area contributed by atoms with Gasteiger partial charge in [-0.1, -0.05) is 0 Å². The molecule has 0 amide bonds. The first-order valence-electron chi connectivity index (χ1n) is 4.22. The van der Waals surface area contributed by atoms with Gasteiger partial charge in [0.15, 0.2) is 0 Å². The number of carbonyl (C=O) groups excluding carboxylic acids is 1. The fourth-order valence-electron chi connectivity index (χ4n) is 1.03. The normalized spacial score (nSPS) is 11.0. The van der Waals surface area contributed by atoms with Gasteiger partial charge >= 0.3 is 0 Å². The summed E-state index contributed by atoms with van der Waals surface area (Å²) < 4.78 is 1.80. The maximum absolute atomic E-state index is 10.2. The predicted molar refractivity (Wildman–Crippen MR) is 49.0 cm³/mol. The van der Waals surface area contributed by atoms with Crippen LogP contribution in [0.4, 0.5) is 0 Å². The molecule has 0 bridgehead atoms. The van der Waals surface area contributed by atoms with Crippen LogP contribution in [0.5, 0.6) is 0 Å². The summed E-state index contributed by atoms with van der Waals surface area (Å²) in [7, 11) is 0. The second kappa shape index (κ2) is 3.54. The average Bonchev–Trinajstić information content (AvgIpc) is 2.52. The van der Waals surface area contributed by atoms with Crippen LogP contribution in [-0.4, -0.2) is 15.9 Å². The van der Waals surface area contributed by atoms with Crippen LogP contribution in [-0.2, 0) is 16.9 Å². The number of aryl methyl sites for hydroxylation is 1. The third-order valence-corrected chi connectivity index (χ3v) is 1.99. The number of aromatic nitrogens is 2. The molecular formula is C9H13N3O. The molecule has 0 saturated heterocycles. The van der Waals surface area contributed by atoms with E-state index in [4.69, 9.17) is 0 Å².